The molecule has 0 aromatic carbocycles. The summed E-state index contributed by atoms with van der Waals surface area (Å²) in [5.41, 5.74) is 7.07. The van der Waals surface area contributed by atoms with Gasteiger partial charge in [-0.2, -0.15) is 0 Å². The van der Waals surface area contributed by atoms with Gasteiger partial charge in [0.15, 0.2) is 0 Å². The summed E-state index contributed by atoms with van der Waals surface area (Å²) in [4.78, 5) is 15.2. The predicted molar refractivity (Wildman–Crippen MR) is 51.8 cm³/mol. The normalized spacial score (nSPS) is 15.0. The standard InChI is InChI=1S/C9H11N3O/c1-5-4-11-8(6(5)2)9(13)12-7(3)10/h4H,1,3,10H2,2H3,(H,12,13). The minimum absolute atomic E-state index is 0.109. The number of rotatable bonds is 2. The first kappa shape index (κ1) is 9.25. The van der Waals surface area contributed by atoms with Crippen LogP contribution in [0, 0.1) is 0 Å². The number of aliphatic imine (C=N–C) groups is 1. The molecule has 1 aliphatic heterocycles. The number of nitrogens with zero attached hydrogens (tertiary/aromatic N) is 1. The second-order valence-corrected chi connectivity index (χ2v) is 2.74. The zero-order chi connectivity index (χ0) is 10.0. The van der Waals surface area contributed by atoms with Crippen molar-refractivity contribution < 1.29 is 4.79 Å². The van der Waals surface area contributed by atoms with Crippen molar-refractivity contribution in [2.75, 3.05) is 0 Å². The van der Waals surface area contributed by atoms with Crippen molar-refractivity contribution in [2.45, 2.75) is 6.92 Å². The number of amides is 1. The van der Waals surface area contributed by atoms with E-state index in [9.17, 15) is 4.79 Å². The molecule has 0 fully saturated rings. The van der Waals surface area contributed by atoms with Gasteiger partial charge in [0.05, 0.1) is 5.82 Å². The van der Waals surface area contributed by atoms with Gasteiger partial charge >= 0.3 is 0 Å². The molecule has 13 heavy (non-hydrogen) atoms. The number of hydrogen-bond acceptors (Lipinski definition) is 3. The van der Waals surface area contributed by atoms with Crippen LogP contribution < -0.4 is 11.1 Å². The highest BCUT2D eigenvalue weighted by Gasteiger charge is 2.17. The summed E-state index contributed by atoms with van der Waals surface area (Å²) in [6.07, 6.45) is 1.55. The zero-order valence-electron chi connectivity index (χ0n) is 7.42. The molecule has 0 saturated heterocycles. The molecule has 0 aromatic rings. The Kier molecular flexibility index (Phi) is 2.32. The molecule has 0 aliphatic carbocycles. The van der Waals surface area contributed by atoms with Crippen molar-refractivity contribution in [3.05, 3.63) is 35.8 Å². The van der Waals surface area contributed by atoms with Gasteiger partial charge in [-0.15, -0.1) is 0 Å². The van der Waals surface area contributed by atoms with Crippen LogP contribution in [0.3, 0.4) is 0 Å². The second-order valence-electron chi connectivity index (χ2n) is 2.74. The summed E-state index contributed by atoms with van der Waals surface area (Å²) < 4.78 is 0. The van der Waals surface area contributed by atoms with Crippen LogP contribution in [0.5, 0.6) is 0 Å². The van der Waals surface area contributed by atoms with Crippen LogP contribution in [-0.2, 0) is 4.79 Å². The fourth-order valence-electron chi connectivity index (χ4n) is 0.922. The van der Waals surface area contributed by atoms with Gasteiger partial charge in [0, 0.05) is 6.21 Å². The van der Waals surface area contributed by atoms with Crippen LogP contribution in [-0.4, -0.2) is 12.1 Å². The number of allylic oxidation sites excluding steroid dienone is 2. The first-order chi connectivity index (χ1) is 6.02. The SMILES string of the molecule is C=C(N)NC(=O)C1=C(C)C(=C)C=N1. The van der Waals surface area contributed by atoms with Gasteiger partial charge in [-0.25, -0.2) is 0 Å². The lowest BCUT2D eigenvalue weighted by Crippen LogP contribution is -2.27. The monoisotopic (exact) mass is 177 g/mol. The summed E-state index contributed by atoms with van der Waals surface area (Å²) in [6.45, 7) is 8.85. The molecule has 1 aliphatic rings. The van der Waals surface area contributed by atoms with Crippen molar-refractivity contribution in [3.63, 3.8) is 0 Å². The fourth-order valence-corrected chi connectivity index (χ4v) is 0.922. The first-order valence-corrected chi connectivity index (χ1v) is 3.72. The first-order valence-electron chi connectivity index (χ1n) is 3.72. The van der Waals surface area contributed by atoms with E-state index in [1.807, 2.05) is 0 Å². The smallest absolute Gasteiger partial charge is 0.275 e. The predicted octanol–water partition coefficient (Wildman–Crippen LogP) is 0.447. The molecule has 1 rings (SSSR count). The van der Waals surface area contributed by atoms with Crippen LogP contribution in [0.4, 0.5) is 0 Å². The maximum atomic E-state index is 11.3. The minimum atomic E-state index is -0.347. The van der Waals surface area contributed by atoms with Gasteiger partial charge in [0.1, 0.15) is 5.70 Å². The Morgan fingerprint density at radius 2 is 2.31 bits per heavy atom. The van der Waals surface area contributed by atoms with Crippen molar-refractivity contribution >= 4 is 12.1 Å². The topological polar surface area (TPSA) is 67.5 Å². The molecule has 0 radical (unpaired) electrons. The number of carbonyl (C=O) groups is 1. The Hall–Kier alpha value is -1.84. The lowest BCUT2D eigenvalue weighted by atomic mass is 10.1. The van der Waals surface area contributed by atoms with Crippen molar-refractivity contribution in [1.29, 1.82) is 0 Å². The molecule has 1 amide bonds. The molecular weight excluding hydrogens is 166 g/mol. The summed E-state index contributed by atoms with van der Waals surface area (Å²) in [6, 6.07) is 0. The average molecular weight is 177 g/mol. The molecule has 0 aromatic heterocycles. The third-order valence-corrected chi connectivity index (χ3v) is 1.68. The molecule has 4 heteroatoms. The lowest BCUT2D eigenvalue weighted by Gasteiger charge is -2.03. The van der Waals surface area contributed by atoms with Crippen LogP contribution in [0.25, 0.3) is 0 Å². The third-order valence-electron chi connectivity index (χ3n) is 1.68. The Balaban J connectivity index is 2.85. The van der Waals surface area contributed by atoms with E-state index < -0.39 is 0 Å². The molecule has 0 bridgehead atoms. The van der Waals surface area contributed by atoms with Crippen molar-refractivity contribution in [3.8, 4) is 0 Å². The van der Waals surface area contributed by atoms with E-state index in [0.717, 1.165) is 11.1 Å². The Bertz CT molecular complexity index is 350. The van der Waals surface area contributed by atoms with E-state index in [0.29, 0.717) is 5.70 Å². The average Bonchev–Trinajstić information content (AvgIpc) is 2.31. The molecule has 0 spiro atoms. The zero-order valence-corrected chi connectivity index (χ0v) is 7.42. The Morgan fingerprint density at radius 1 is 1.69 bits per heavy atom. The van der Waals surface area contributed by atoms with E-state index in [2.05, 4.69) is 23.5 Å². The molecule has 4 nitrogen and oxygen atoms in total. The number of nitrogens with one attached hydrogen (secondary N) is 1. The number of hydrogen-bond donors (Lipinski definition) is 2. The minimum Gasteiger partial charge on any atom is -0.386 e. The maximum Gasteiger partial charge on any atom is 0.275 e. The van der Waals surface area contributed by atoms with E-state index in [-0.39, 0.29) is 11.7 Å². The molecule has 3 N–H and O–H groups in total. The molecule has 0 unspecified atom stereocenters. The lowest BCUT2D eigenvalue weighted by molar-refractivity contribution is -0.116. The molecule has 68 valence electrons. The van der Waals surface area contributed by atoms with E-state index >= 15 is 0 Å². The van der Waals surface area contributed by atoms with Gasteiger partial charge in [-0.3, -0.25) is 9.79 Å². The highest BCUT2D eigenvalue weighted by atomic mass is 16.2. The number of carbonyl (C=O) groups excluding carboxylic acids is 1. The van der Waals surface area contributed by atoms with Gasteiger partial charge in [0.2, 0.25) is 0 Å². The van der Waals surface area contributed by atoms with Crippen LogP contribution >= 0.6 is 0 Å². The number of nitrogens with two attached hydrogens (primary N) is 1. The van der Waals surface area contributed by atoms with E-state index in [4.69, 9.17) is 5.73 Å². The summed E-state index contributed by atoms with van der Waals surface area (Å²) in [5.74, 6) is -0.238. The quantitative estimate of drug-likeness (QED) is 0.643. The summed E-state index contributed by atoms with van der Waals surface area (Å²) >= 11 is 0. The molecule has 1 heterocycles. The van der Waals surface area contributed by atoms with E-state index in [1.165, 1.54) is 0 Å². The molecule has 0 saturated carbocycles. The Morgan fingerprint density at radius 3 is 2.69 bits per heavy atom. The largest absolute Gasteiger partial charge is 0.386 e. The van der Waals surface area contributed by atoms with Gasteiger partial charge in [0.25, 0.3) is 5.91 Å². The summed E-state index contributed by atoms with van der Waals surface area (Å²) in [7, 11) is 0. The summed E-state index contributed by atoms with van der Waals surface area (Å²) in [5, 5.41) is 2.37. The second kappa shape index (κ2) is 3.26. The molecule has 0 atom stereocenters. The van der Waals surface area contributed by atoms with E-state index in [1.54, 1.807) is 13.1 Å². The van der Waals surface area contributed by atoms with Crippen LogP contribution in [0.2, 0.25) is 0 Å². The van der Waals surface area contributed by atoms with Crippen molar-refractivity contribution in [2.24, 2.45) is 10.7 Å². The fraction of sp³-hybridized carbons (Fsp3) is 0.111. The highest BCUT2D eigenvalue weighted by Crippen LogP contribution is 2.18. The van der Waals surface area contributed by atoms with Crippen molar-refractivity contribution in [1.82, 2.24) is 5.32 Å². The third kappa shape index (κ3) is 1.84. The highest BCUT2D eigenvalue weighted by molar-refractivity contribution is 6.03. The van der Waals surface area contributed by atoms with Gasteiger partial charge in [-0.1, -0.05) is 13.2 Å². The maximum absolute atomic E-state index is 11.3. The van der Waals surface area contributed by atoms with Gasteiger partial charge in [-0.05, 0) is 18.1 Å². The van der Waals surface area contributed by atoms with Gasteiger partial charge < -0.3 is 11.1 Å². The molecular formula is C9H11N3O. The Labute approximate surface area is 76.5 Å². The van der Waals surface area contributed by atoms with Crippen LogP contribution in [0.15, 0.2) is 40.8 Å². The van der Waals surface area contributed by atoms with Crippen LogP contribution in [0.1, 0.15) is 6.92 Å².